The van der Waals surface area contributed by atoms with Gasteiger partial charge in [0, 0.05) is 17.2 Å². The number of nitrogens with zero attached hydrogens (tertiary/aromatic N) is 1. The molecule has 156 valence electrons. The zero-order chi connectivity index (χ0) is 22.3. The summed E-state index contributed by atoms with van der Waals surface area (Å²) in [7, 11) is 2.15. The van der Waals surface area contributed by atoms with Crippen LogP contribution in [0.5, 0.6) is 0 Å². The van der Waals surface area contributed by atoms with Crippen molar-refractivity contribution >= 4 is 0 Å². The van der Waals surface area contributed by atoms with Gasteiger partial charge in [-0.2, -0.15) is 0 Å². The van der Waals surface area contributed by atoms with Gasteiger partial charge in [0.15, 0.2) is 6.20 Å². The number of hydrogen-bond donors (Lipinski definition) is 0. The first-order valence-corrected chi connectivity index (χ1v) is 11.0. The van der Waals surface area contributed by atoms with Crippen LogP contribution in [0, 0.1) is 41.5 Å². The van der Waals surface area contributed by atoms with E-state index in [0.717, 1.165) is 0 Å². The van der Waals surface area contributed by atoms with Crippen LogP contribution in [-0.4, -0.2) is 0 Å². The van der Waals surface area contributed by atoms with E-state index in [4.69, 9.17) is 0 Å². The van der Waals surface area contributed by atoms with Crippen LogP contribution in [0.3, 0.4) is 0 Å². The molecule has 1 heterocycles. The molecule has 1 heteroatoms. The summed E-state index contributed by atoms with van der Waals surface area (Å²) in [6.07, 6.45) is 2.26. The van der Waals surface area contributed by atoms with Gasteiger partial charge in [-0.1, -0.05) is 54.1 Å². The number of benzene rings is 3. The molecule has 1 aromatic heterocycles. The predicted octanol–water partition coefficient (Wildman–Crippen LogP) is 7.36. The molecule has 0 saturated carbocycles. The van der Waals surface area contributed by atoms with Crippen LogP contribution in [0.4, 0.5) is 0 Å². The van der Waals surface area contributed by atoms with Crippen molar-refractivity contribution < 1.29 is 4.57 Å². The van der Waals surface area contributed by atoms with Crippen LogP contribution >= 0.6 is 0 Å². The molecule has 0 amide bonds. The van der Waals surface area contributed by atoms with Gasteiger partial charge in [0.25, 0.3) is 0 Å². The lowest BCUT2D eigenvalue weighted by molar-refractivity contribution is -0.660. The van der Waals surface area contributed by atoms with Crippen molar-refractivity contribution in [2.45, 2.75) is 41.5 Å². The Balaban J connectivity index is 1.94. The molecule has 4 rings (SSSR count). The lowest BCUT2D eigenvalue weighted by Crippen LogP contribution is -2.31. The molecule has 0 fully saturated rings. The van der Waals surface area contributed by atoms with Crippen molar-refractivity contribution in [3.8, 4) is 33.5 Å². The molecule has 0 spiro atoms. The fourth-order valence-electron chi connectivity index (χ4n) is 4.75. The van der Waals surface area contributed by atoms with E-state index < -0.39 is 0 Å². The van der Waals surface area contributed by atoms with Crippen LogP contribution in [0.25, 0.3) is 33.5 Å². The Bertz CT molecular complexity index is 1290. The third-order valence-electron chi connectivity index (χ3n) is 6.43. The van der Waals surface area contributed by atoms with Crippen LogP contribution in [0.15, 0.2) is 66.9 Å². The van der Waals surface area contributed by atoms with Gasteiger partial charge in [-0.15, -0.1) is 0 Å². The lowest BCUT2D eigenvalue weighted by Gasteiger charge is -2.15. The maximum absolute atomic E-state index is 2.38. The summed E-state index contributed by atoms with van der Waals surface area (Å²) in [5.41, 5.74) is 15.6. The van der Waals surface area contributed by atoms with E-state index in [1.165, 1.54) is 66.9 Å². The summed E-state index contributed by atoms with van der Waals surface area (Å²) in [4.78, 5) is 0. The van der Waals surface area contributed by atoms with E-state index in [0.29, 0.717) is 0 Å². The fourth-order valence-corrected chi connectivity index (χ4v) is 4.75. The monoisotopic (exact) mass is 406 g/mol. The SMILES string of the molecule is Cc1ccc(-c2cc(-c3cc(-c4ccccc4C)c(C)cc3C)[n+](C)cc2C)c(C)c1. The van der Waals surface area contributed by atoms with Crippen molar-refractivity contribution in [3.63, 3.8) is 0 Å². The second-order valence-electron chi connectivity index (χ2n) is 8.98. The number of aryl methyl sites for hydroxylation is 7. The summed E-state index contributed by atoms with van der Waals surface area (Å²) in [6, 6.07) is 22.5. The van der Waals surface area contributed by atoms with Gasteiger partial charge in [0.05, 0.1) is 0 Å². The van der Waals surface area contributed by atoms with Gasteiger partial charge in [0.1, 0.15) is 7.05 Å². The Hall–Kier alpha value is -3.19. The largest absolute Gasteiger partial charge is 0.213 e. The zero-order valence-corrected chi connectivity index (χ0v) is 19.8. The minimum Gasteiger partial charge on any atom is -0.201 e. The summed E-state index contributed by atoms with van der Waals surface area (Å²) >= 11 is 0. The van der Waals surface area contributed by atoms with Crippen LogP contribution in [-0.2, 0) is 7.05 Å². The summed E-state index contributed by atoms with van der Waals surface area (Å²) in [5.74, 6) is 0. The molecule has 0 N–H and O–H groups in total. The quantitative estimate of drug-likeness (QED) is 0.313. The molecular formula is C30H32N+. The van der Waals surface area contributed by atoms with Crippen LogP contribution in [0.2, 0.25) is 0 Å². The highest BCUT2D eigenvalue weighted by atomic mass is 14.9. The predicted molar refractivity (Wildman–Crippen MR) is 132 cm³/mol. The first-order chi connectivity index (χ1) is 14.8. The molecule has 0 aliphatic heterocycles. The Morgan fingerprint density at radius 1 is 0.484 bits per heavy atom. The molecule has 4 aromatic rings. The van der Waals surface area contributed by atoms with E-state index >= 15 is 0 Å². The van der Waals surface area contributed by atoms with Gasteiger partial charge in [-0.25, -0.2) is 4.57 Å². The molecule has 0 radical (unpaired) electrons. The van der Waals surface area contributed by atoms with E-state index in [-0.39, 0.29) is 0 Å². The van der Waals surface area contributed by atoms with E-state index in [1.807, 2.05) is 0 Å². The molecular weight excluding hydrogens is 374 g/mol. The van der Waals surface area contributed by atoms with E-state index in [2.05, 4.69) is 120 Å². The minimum absolute atomic E-state index is 1.24. The van der Waals surface area contributed by atoms with Crippen LogP contribution < -0.4 is 4.57 Å². The maximum atomic E-state index is 2.38. The third kappa shape index (κ3) is 3.93. The molecule has 1 nitrogen and oxygen atoms in total. The molecule has 0 unspecified atom stereocenters. The molecule has 0 saturated heterocycles. The van der Waals surface area contributed by atoms with Crippen molar-refractivity contribution in [3.05, 3.63) is 100 Å². The topological polar surface area (TPSA) is 3.88 Å². The highest BCUT2D eigenvalue weighted by Gasteiger charge is 2.19. The second-order valence-corrected chi connectivity index (χ2v) is 8.98. The third-order valence-corrected chi connectivity index (χ3v) is 6.43. The normalized spacial score (nSPS) is 11.1. The van der Waals surface area contributed by atoms with Gasteiger partial charge in [0.2, 0.25) is 5.69 Å². The Morgan fingerprint density at radius 3 is 1.81 bits per heavy atom. The lowest BCUT2D eigenvalue weighted by atomic mass is 9.90. The number of hydrogen-bond acceptors (Lipinski definition) is 0. The summed E-state index contributed by atoms with van der Waals surface area (Å²) in [6.45, 7) is 13.2. The van der Waals surface area contributed by atoms with Gasteiger partial charge >= 0.3 is 0 Å². The van der Waals surface area contributed by atoms with Crippen molar-refractivity contribution in [1.82, 2.24) is 0 Å². The maximum Gasteiger partial charge on any atom is 0.213 e. The number of rotatable bonds is 3. The molecule has 3 aromatic carbocycles. The Morgan fingerprint density at radius 2 is 1.10 bits per heavy atom. The second kappa shape index (κ2) is 8.15. The van der Waals surface area contributed by atoms with E-state index in [1.54, 1.807) is 0 Å². The molecule has 31 heavy (non-hydrogen) atoms. The minimum atomic E-state index is 1.24. The average Bonchev–Trinajstić information content (AvgIpc) is 2.70. The Kier molecular flexibility index (Phi) is 5.54. The summed E-state index contributed by atoms with van der Waals surface area (Å²) in [5, 5.41) is 0. The standard InChI is InChI=1S/C30H32N/c1-19-12-13-26(21(3)14-19)28-17-30(31(7)18-24(28)6)29-16-27(22(4)15-23(29)5)25-11-9-8-10-20(25)2/h8-18H,1-7H3/q+1. The highest BCUT2D eigenvalue weighted by molar-refractivity contribution is 5.80. The van der Waals surface area contributed by atoms with Gasteiger partial charge < -0.3 is 0 Å². The molecule has 0 aliphatic carbocycles. The molecule has 0 aliphatic rings. The van der Waals surface area contributed by atoms with Gasteiger partial charge in [-0.3, -0.25) is 0 Å². The number of pyridine rings is 1. The average molecular weight is 407 g/mol. The van der Waals surface area contributed by atoms with Gasteiger partial charge in [-0.05, 0) is 92.1 Å². The van der Waals surface area contributed by atoms with Crippen LogP contribution in [0.1, 0.15) is 33.4 Å². The highest BCUT2D eigenvalue weighted by Crippen LogP contribution is 2.35. The zero-order valence-electron chi connectivity index (χ0n) is 19.8. The Labute approximate surface area is 187 Å². The smallest absolute Gasteiger partial charge is 0.201 e. The van der Waals surface area contributed by atoms with Crippen molar-refractivity contribution in [2.24, 2.45) is 7.05 Å². The fraction of sp³-hybridized carbons (Fsp3) is 0.233. The van der Waals surface area contributed by atoms with Crippen molar-refractivity contribution in [1.29, 1.82) is 0 Å². The molecule has 0 atom stereocenters. The first-order valence-electron chi connectivity index (χ1n) is 11.0. The van der Waals surface area contributed by atoms with Crippen molar-refractivity contribution in [2.75, 3.05) is 0 Å². The first kappa shape index (κ1) is 21.1. The van der Waals surface area contributed by atoms with E-state index in [9.17, 15) is 0 Å². The molecule has 0 bridgehead atoms. The number of aromatic nitrogens is 1. The summed E-state index contributed by atoms with van der Waals surface area (Å²) < 4.78 is 2.27.